The normalized spacial score (nSPS) is 16.0. The summed E-state index contributed by atoms with van der Waals surface area (Å²) >= 11 is 0. The van der Waals surface area contributed by atoms with Crippen LogP contribution >= 0.6 is 0 Å². The molecule has 0 fully saturated rings. The first-order valence-electron chi connectivity index (χ1n) is 14.1. The molecule has 12 nitrogen and oxygen atoms in total. The molecule has 0 spiro atoms. The largest absolute Gasteiger partial charge is 3.00 e. The van der Waals surface area contributed by atoms with Gasteiger partial charge in [0.25, 0.3) is 11.4 Å². The molecular weight excluding hydrogens is 615 g/mol. The summed E-state index contributed by atoms with van der Waals surface area (Å²) in [6.07, 6.45) is 11.9. The van der Waals surface area contributed by atoms with Crippen LogP contribution in [0.25, 0.3) is 6.08 Å². The summed E-state index contributed by atoms with van der Waals surface area (Å²) in [5.74, 6) is 3.63. The van der Waals surface area contributed by atoms with Gasteiger partial charge in [-0.05, 0) is 24.3 Å². The number of allylic oxidation sites excluding steroid dienone is 1. The van der Waals surface area contributed by atoms with Gasteiger partial charge in [0.15, 0.2) is 36.1 Å². The van der Waals surface area contributed by atoms with E-state index in [0.29, 0.717) is 46.3 Å². The molecule has 8 bridgehead atoms. The SMILES string of the molecule is CN1C=CC=c2c1c1[n-]c2=NC2=NC(=NC3=NC(=NC4=NC(=N1)c1ccc[n+](C)c14)c1ccc[n+](C)c13)c1ccc[n+](C)c12.[Al+3].[Cl-]. The molecule has 4 aromatic rings. The number of hydrogen-bond donors (Lipinski definition) is 0. The second-order valence-corrected chi connectivity index (χ2v) is 11.0. The molecule has 5 aliphatic heterocycles. The molecule has 9 heterocycles. The molecule has 14 heteroatoms. The van der Waals surface area contributed by atoms with Gasteiger partial charge in [-0.2, -0.15) is 13.7 Å². The van der Waals surface area contributed by atoms with Gasteiger partial charge in [-0.1, -0.05) is 6.08 Å². The van der Waals surface area contributed by atoms with Crippen molar-refractivity contribution in [3.63, 3.8) is 0 Å². The van der Waals surface area contributed by atoms with E-state index in [1.165, 1.54) is 0 Å². The van der Waals surface area contributed by atoms with E-state index < -0.39 is 0 Å². The first-order chi connectivity index (χ1) is 21.4. The summed E-state index contributed by atoms with van der Waals surface area (Å²) in [5.41, 5.74) is 6.47. The van der Waals surface area contributed by atoms with Crippen LogP contribution in [0.5, 0.6) is 0 Å². The van der Waals surface area contributed by atoms with Crippen LogP contribution in [-0.4, -0.2) is 59.4 Å². The maximum absolute atomic E-state index is 5.04. The Morgan fingerprint density at radius 1 is 0.609 bits per heavy atom. The Labute approximate surface area is 279 Å². The van der Waals surface area contributed by atoms with Gasteiger partial charge in [0.05, 0.1) is 22.4 Å². The monoisotopic (exact) mass is 638 g/mol. The van der Waals surface area contributed by atoms with Gasteiger partial charge in [-0.3, -0.25) is 0 Å². The van der Waals surface area contributed by atoms with Crippen LogP contribution in [-0.2, 0) is 21.1 Å². The van der Waals surface area contributed by atoms with Gasteiger partial charge in [-0.15, -0.1) is 0 Å². The van der Waals surface area contributed by atoms with Gasteiger partial charge in [-0.25, -0.2) is 25.0 Å². The quantitative estimate of drug-likeness (QED) is 0.146. The summed E-state index contributed by atoms with van der Waals surface area (Å²) in [7, 11) is 7.90. The molecule has 0 N–H and O–H groups in total. The van der Waals surface area contributed by atoms with E-state index in [4.69, 9.17) is 39.9 Å². The fourth-order valence-electron chi connectivity index (χ4n) is 6.19. The number of anilines is 1. The number of aliphatic imine (C=N–C) groups is 6. The standard InChI is InChI=1S/C32H24N12.Al.ClH/c1-41-13-5-9-17-21(41)29-33-25(17)38-30-23-19(11-7-15-43(23)3)27(35-30)40-32-24-20(12-8-16-44(24)4)28(36-32)39-31-22-18(26(34-31)37-29)10-6-14-42(22)2;;/h5-16H,1-4H3;;1H/q+2;+3;/p-1. The summed E-state index contributed by atoms with van der Waals surface area (Å²) < 4.78 is 6.01. The molecule has 4 aromatic heterocycles. The summed E-state index contributed by atoms with van der Waals surface area (Å²) in [5, 5.41) is 0.859. The Bertz CT molecular complexity index is 2390. The van der Waals surface area contributed by atoms with E-state index in [1.54, 1.807) is 0 Å². The zero-order valence-electron chi connectivity index (χ0n) is 25.3. The Balaban J connectivity index is 0.00000169. The van der Waals surface area contributed by atoms with E-state index in [9.17, 15) is 0 Å². The summed E-state index contributed by atoms with van der Waals surface area (Å²) in [6, 6.07) is 11.9. The van der Waals surface area contributed by atoms with Crippen molar-refractivity contribution in [1.29, 1.82) is 0 Å². The average molecular weight is 639 g/mol. The zero-order valence-corrected chi connectivity index (χ0v) is 27.2. The van der Waals surface area contributed by atoms with Crippen molar-refractivity contribution in [2.75, 3.05) is 11.9 Å². The maximum atomic E-state index is 5.04. The van der Waals surface area contributed by atoms with Crippen molar-refractivity contribution in [3.05, 3.63) is 112 Å². The van der Waals surface area contributed by atoms with E-state index in [0.717, 1.165) is 44.7 Å². The number of fused-ring (bicyclic) bond motifs is 17. The molecule has 218 valence electrons. The summed E-state index contributed by atoms with van der Waals surface area (Å²) in [4.78, 5) is 42.0. The predicted octanol–water partition coefficient (Wildman–Crippen LogP) is -3.63. The molecule has 46 heavy (non-hydrogen) atoms. The van der Waals surface area contributed by atoms with Crippen LogP contribution < -0.4 is 46.7 Å². The number of aryl methyl sites for hydroxylation is 3. The molecule has 9 rings (SSSR count). The average Bonchev–Trinajstić information content (AvgIpc) is 3.74. The molecule has 0 aromatic carbocycles. The molecular formula is C32H24AlClN12+4. The van der Waals surface area contributed by atoms with Gasteiger partial charge in [0.2, 0.25) is 17.4 Å². The Hall–Kier alpha value is -5.22. The number of amidine groups is 6. The zero-order chi connectivity index (χ0) is 29.7. The molecule has 0 unspecified atom stereocenters. The second kappa shape index (κ2) is 10.7. The minimum absolute atomic E-state index is 0. The van der Waals surface area contributed by atoms with Crippen LogP contribution in [0.3, 0.4) is 0 Å². The Kier molecular flexibility index (Phi) is 6.86. The van der Waals surface area contributed by atoms with Crippen molar-refractivity contribution >= 4 is 70.0 Å². The number of rotatable bonds is 0. The van der Waals surface area contributed by atoms with E-state index >= 15 is 0 Å². The Morgan fingerprint density at radius 3 is 1.54 bits per heavy atom. The smallest absolute Gasteiger partial charge is 1.00 e. The van der Waals surface area contributed by atoms with Crippen molar-refractivity contribution in [2.24, 2.45) is 56.1 Å². The van der Waals surface area contributed by atoms with E-state index in [1.807, 2.05) is 120 Å². The van der Waals surface area contributed by atoms with Crippen LogP contribution in [0.15, 0.2) is 102 Å². The fourth-order valence-corrected chi connectivity index (χ4v) is 6.19. The van der Waals surface area contributed by atoms with Crippen molar-refractivity contribution < 1.29 is 26.1 Å². The van der Waals surface area contributed by atoms with Crippen molar-refractivity contribution in [1.82, 2.24) is 4.98 Å². The molecule has 0 amide bonds. The maximum Gasteiger partial charge on any atom is 3.00 e. The minimum Gasteiger partial charge on any atom is -1.00 e. The third-order valence-corrected chi connectivity index (χ3v) is 8.23. The third-order valence-electron chi connectivity index (χ3n) is 8.23. The molecule has 0 saturated heterocycles. The number of halogens is 1. The predicted molar refractivity (Wildman–Crippen MR) is 170 cm³/mol. The second-order valence-electron chi connectivity index (χ2n) is 11.0. The van der Waals surface area contributed by atoms with Crippen LogP contribution in [0.4, 0.5) is 11.5 Å². The van der Waals surface area contributed by atoms with Gasteiger partial charge in [0.1, 0.15) is 27.0 Å². The summed E-state index contributed by atoms with van der Waals surface area (Å²) in [6.45, 7) is 0. The van der Waals surface area contributed by atoms with Crippen LogP contribution in [0.2, 0.25) is 0 Å². The number of pyridine rings is 3. The molecule has 0 saturated carbocycles. The van der Waals surface area contributed by atoms with Gasteiger partial charge < -0.3 is 32.3 Å². The Morgan fingerprint density at radius 2 is 1.04 bits per heavy atom. The molecule has 5 aliphatic rings. The molecule has 0 atom stereocenters. The van der Waals surface area contributed by atoms with Crippen LogP contribution in [0.1, 0.15) is 33.8 Å². The molecule has 0 radical (unpaired) electrons. The fraction of sp³-hybridized carbons (Fsp3) is 0.125. The van der Waals surface area contributed by atoms with Crippen molar-refractivity contribution in [2.45, 2.75) is 0 Å². The van der Waals surface area contributed by atoms with E-state index in [2.05, 4.69) is 0 Å². The molecule has 0 aliphatic carbocycles. The number of hydrogen-bond acceptors (Lipinski definition) is 8. The minimum atomic E-state index is 0. The topological polar surface area (TPSA) is 115 Å². The number of aromatic nitrogens is 4. The van der Waals surface area contributed by atoms with E-state index in [-0.39, 0.29) is 29.8 Å². The number of nitrogens with zero attached hydrogens (tertiary/aromatic N) is 12. The van der Waals surface area contributed by atoms with Gasteiger partial charge in [0, 0.05) is 48.0 Å². The first-order valence-corrected chi connectivity index (χ1v) is 14.1. The van der Waals surface area contributed by atoms with Crippen LogP contribution in [0, 0.1) is 0 Å². The first kappa shape index (κ1) is 29.5. The van der Waals surface area contributed by atoms with Gasteiger partial charge >= 0.3 is 17.4 Å². The third kappa shape index (κ3) is 4.20. The van der Waals surface area contributed by atoms with Crippen molar-refractivity contribution in [3.8, 4) is 0 Å².